The van der Waals surface area contributed by atoms with E-state index in [0.717, 1.165) is 30.9 Å². The van der Waals surface area contributed by atoms with Gasteiger partial charge < -0.3 is 4.90 Å². The maximum atomic E-state index is 11.9. The summed E-state index contributed by atoms with van der Waals surface area (Å²) in [6.45, 7) is 4.36. The molecule has 1 aliphatic heterocycles. The van der Waals surface area contributed by atoms with E-state index in [2.05, 4.69) is 11.8 Å². The first-order chi connectivity index (χ1) is 10.2. The molecule has 1 aliphatic rings. The van der Waals surface area contributed by atoms with Gasteiger partial charge in [0, 0.05) is 19.5 Å². The summed E-state index contributed by atoms with van der Waals surface area (Å²) in [5, 5.41) is 0. The Morgan fingerprint density at radius 2 is 1.62 bits per heavy atom. The molecule has 1 saturated heterocycles. The van der Waals surface area contributed by atoms with Crippen LogP contribution in [0.15, 0.2) is 0 Å². The molecular weight excluding hydrogens is 278 g/mol. The Hall–Kier alpha value is -0.440. The lowest BCUT2D eigenvalue weighted by molar-refractivity contribution is -0.118. The van der Waals surface area contributed by atoms with E-state index in [1.54, 1.807) is 0 Å². The van der Waals surface area contributed by atoms with E-state index in [0.29, 0.717) is 12.2 Å². The van der Waals surface area contributed by atoms with E-state index in [-0.39, 0.29) is 0 Å². The van der Waals surface area contributed by atoms with Crippen LogP contribution in [-0.4, -0.2) is 28.8 Å². The van der Waals surface area contributed by atoms with E-state index in [9.17, 15) is 4.79 Å². The smallest absolute Gasteiger partial charge is 0.139 e. The SMILES string of the molecule is CCCCCCCCN1CCCCCCCC(=O)CC1=S. The second-order valence-electron chi connectivity index (χ2n) is 6.38. The molecule has 21 heavy (non-hydrogen) atoms. The van der Waals surface area contributed by atoms with Crippen LogP contribution in [0.3, 0.4) is 0 Å². The van der Waals surface area contributed by atoms with Gasteiger partial charge in [0.05, 0.1) is 11.4 Å². The highest BCUT2D eigenvalue weighted by molar-refractivity contribution is 7.80. The molecule has 122 valence electrons. The molecule has 1 heterocycles. The van der Waals surface area contributed by atoms with Crippen LogP contribution in [0.5, 0.6) is 0 Å². The molecule has 0 saturated carbocycles. The van der Waals surface area contributed by atoms with E-state index in [4.69, 9.17) is 12.2 Å². The molecular formula is C18H33NOS. The zero-order chi connectivity index (χ0) is 15.3. The Morgan fingerprint density at radius 3 is 2.43 bits per heavy atom. The molecule has 0 spiro atoms. The Bertz CT molecular complexity index is 304. The van der Waals surface area contributed by atoms with Gasteiger partial charge in [-0.05, 0) is 19.3 Å². The average Bonchev–Trinajstić information content (AvgIpc) is 2.49. The van der Waals surface area contributed by atoms with E-state index >= 15 is 0 Å². The first-order valence-corrected chi connectivity index (χ1v) is 9.44. The van der Waals surface area contributed by atoms with Crippen LogP contribution >= 0.6 is 12.2 Å². The number of carbonyl (C=O) groups is 1. The molecule has 0 atom stereocenters. The second-order valence-corrected chi connectivity index (χ2v) is 6.85. The zero-order valence-electron chi connectivity index (χ0n) is 13.9. The third-order valence-corrected chi connectivity index (χ3v) is 4.77. The lowest BCUT2D eigenvalue weighted by atomic mass is 10.1. The number of hydrogen-bond acceptors (Lipinski definition) is 2. The van der Waals surface area contributed by atoms with Crippen molar-refractivity contribution in [2.24, 2.45) is 0 Å². The van der Waals surface area contributed by atoms with Crippen molar-refractivity contribution in [2.45, 2.75) is 90.4 Å². The highest BCUT2D eigenvalue weighted by Crippen LogP contribution is 2.13. The zero-order valence-corrected chi connectivity index (χ0v) is 14.7. The molecule has 0 aliphatic carbocycles. The van der Waals surface area contributed by atoms with Crippen molar-refractivity contribution in [3.8, 4) is 0 Å². The highest BCUT2D eigenvalue weighted by Gasteiger charge is 2.14. The largest absolute Gasteiger partial charge is 0.366 e. The number of hydrogen-bond donors (Lipinski definition) is 0. The molecule has 3 heteroatoms. The van der Waals surface area contributed by atoms with Crippen LogP contribution in [0.25, 0.3) is 0 Å². The summed E-state index contributed by atoms with van der Waals surface area (Å²) in [5.74, 6) is 0.342. The first-order valence-electron chi connectivity index (χ1n) is 9.03. The molecule has 0 bridgehead atoms. The summed E-state index contributed by atoms with van der Waals surface area (Å²) in [6.07, 6.45) is 15.1. The topological polar surface area (TPSA) is 20.3 Å². The van der Waals surface area contributed by atoms with Gasteiger partial charge in [-0.3, -0.25) is 4.79 Å². The normalized spacial score (nSPS) is 18.6. The van der Waals surface area contributed by atoms with Gasteiger partial charge in [0.25, 0.3) is 0 Å². The number of carbonyl (C=O) groups excluding carboxylic acids is 1. The van der Waals surface area contributed by atoms with Crippen molar-refractivity contribution in [1.29, 1.82) is 0 Å². The second kappa shape index (κ2) is 12.1. The molecule has 2 nitrogen and oxygen atoms in total. The third kappa shape index (κ3) is 9.23. The van der Waals surface area contributed by atoms with Crippen LogP contribution in [0.2, 0.25) is 0 Å². The standard InChI is InChI=1S/C18H33NOS/c1-2-3-4-5-8-11-14-19-15-12-9-6-7-10-13-17(20)16-18(19)21/h2-16H2,1H3. The molecule has 1 rings (SSSR count). The quantitative estimate of drug-likeness (QED) is 0.470. The van der Waals surface area contributed by atoms with E-state index < -0.39 is 0 Å². The molecule has 0 unspecified atom stereocenters. The molecule has 0 amide bonds. The van der Waals surface area contributed by atoms with Crippen LogP contribution in [0.4, 0.5) is 0 Å². The van der Waals surface area contributed by atoms with Crippen LogP contribution in [0, 0.1) is 0 Å². The molecule has 0 aromatic carbocycles. The number of thiocarbonyl (C=S) groups is 1. The van der Waals surface area contributed by atoms with Crippen LogP contribution in [-0.2, 0) is 4.79 Å². The Kier molecular flexibility index (Phi) is 10.8. The van der Waals surface area contributed by atoms with Gasteiger partial charge in [0.15, 0.2) is 0 Å². The fraction of sp³-hybridized carbons (Fsp3) is 0.889. The van der Waals surface area contributed by atoms with Gasteiger partial charge in [-0.25, -0.2) is 0 Å². The maximum absolute atomic E-state index is 11.9. The van der Waals surface area contributed by atoms with Crippen LogP contribution < -0.4 is 0 Å². The number of unbranched alkanes of at least 4 members (excludes halogenated alkanes) is 5. The van der Waals surface area contributed by atoms with Crippen LogP contribution in [0.1, 0.15) is 90.4 Å². The van der Waals surface area contributed by atoms with Gasteiger partial charge >= 0.3 is 0 Å². The van der Waals surface area contributed by atoms with Crippen molar-refractivity contribution in [1.82, 2.24) is 4.90 Å². The minimum atomic E-state index is 0.342. The number of rotatable bonds is 7. The average molecular weight is 312 g/mol. The lowest BCUT2D eigenvalue weighted by Crippen LogP contribution is -2.33. The Balaban J connectivity index is 2.32. The Labute approximate surface area is 136 Å². The summed E-state index contributed by atoms with van der Waals surface area (Å²) in [6, 6.07) is 0. The van der Waals surface area contributed by atoms with Gasteiger partial charge in [-0.2, -0.15) is 0 Å². The minimum Gasteiger partial charge on any atom is -0.366 e. The van der Waals surface area contributed by atoms with Crippen molar-refractivity contribution in [2.75, 3.05) is 13.1 Å². The number of nitrogens with zero attached hydrogens (tertiary/aromatic N) is 1. The molecule has 0 N–H and O–H groups in total. The van der Waals surface area contributed by atoms with Crippen molar-refractivity contribution in [3.63, 3.8) is 0 Å². The monoisotopic (exact) mass is 311 g/mol. The first kappa shape index (κ1) is 18.6. The molecule has 1 fully saturated rings. The van der Waals surface area contributed by atoms with Crippen molar-refractivity contribution < 1.29 is 4.79 Å². The summed E-state index contributed by atoms with van der Waals surface area (Å²) in [7, 11) is 0. The summed E-state index contributed by atoms with van der Waals surface area (Å²) < 4.78 is 0. The van der Waals surface area contributed by atoms with Crippen molar-refractivity contribution >= 4 is 23.0 Å². The number of ketones is 1. The number of Topliss-reactive ketones (excluding diaryl/α,β-unsaturated/α-hetero) is 1. The van der Waals surface area contributed by atoms with Gasteiger partial charge in [0.1, 0.15) is 5.78 Å². The highest BCUT2D eigenvalue weighted by atomic mass is 32.1. The van der Waals surface area contributed by atoms with Crippen molar-refractivity contribution in [3.05, 3.63) is 0 Å². The summed E-state index contributed by atoms with van der Waals surface area (Å²) in [5.41, 5.74) is 0. The molecule has 0 aromatic heterocycles. The molecule has 0 radical (unpaired) electrons. The van der Waals surface area contributed by atoms with Gasteiger partial charge in [-0.15, -0.1) is 0 Å². The Morgan fingerprint density at radius 1 is 0.952 bits per heavy atom. The predicted octanol–water partition coefficient (Wildman–Crippen LogP) is 5.29. The maximum Gasteiger partial charge on any atom is 0.139 e. The van der Waals surface area contributed by atoms with Gasteiger partial charge in [0.2, 0.25) is 0 Å². The van der Waals surface area contributed by atoms with E-state index in [1.807, 2.05) is 0 Å². The predicted molar refractivity (Wildman–Crippen MR) is 94.9 cm³/mol. The fourth-order valence-corrected chi connectivity index (χ4v) is 3.31. The minimum absolute atomic E-state index is 0.342. The molecule has 0 aromatic rings. The fourth-order valence-electron chi connectivity index (χ4n) is 2.97. The summed E-state index contributed by atoms with van der Waals surface area (Å²) in [4.78, 5) is 15.1. The summed E-state index contributed by atoms with van der Waals surface area (Å²) >= 11 is 5.52. The third-order valence-electron chi connectivity index (χ3n) is 4.37. The van der Waals surface area contributed by atoms with Gasteiger partial charge in [-0.1, -0.05) is 70.5 Å². The van der Waals surface area contributed by atoms with E-state index in [1.165, 1.54) is 64.2 Å². The lowest BCUT2D eigenvalue weighted by Gasteiger charge is -2.25.